The Morgan fingerprint density at radius 2 is 1.85 bits per heavy atom. The van der Waals surface area contributed by atoms with Gasteiger partial charge < -0.3 is 24.9 Å². The molecular formula is C22H19F3N4O5. The van der Waals surface area contributed by atoms with Crippen molar-refractivity contribution in [1.82, 2.24) is 15.0 Å². The van der Waals surface area contributed by atoms with Gasteiger partial charge in [-0.3, -0.25) is 9.59 Å². The second-order valence-electron chi connectivity index (χ2n) is 7.44. The number of pyridine rings is 1. The molecule has 4 rings (SSSR count). The number of nitrogens with two attached hydrogens (primary N) is 1. The maximum Gasteiger partial charge on any atom is 0.431 e. The van der Waals surface area contributed by atoms with Gasteiger partial charge in [0.1, 0.15) is 30.2 Å². The molecule has 3 N–H and O–H groups in total. The van der Waals surface area contributed by atoms with Crippen molar-refractivity contribution in [3.05, 3.63) is 69.9 Å². The lowest BCUT2D eigenvalue weighted by Crippen LogP contribution is -2.32. The molecule has 2 aromatic heterocycles. The van der Waals surface area contributed by atoms with Crippen molar-refractivity contribution in [2.75, 3.05) is 13.2 Å². The third-order valence-corrected chi connectivity index (χ3v) is 5.03. The van der Waals surface area contributed by atoms with Crippen LogP contribution >= 0.6 is 0 Å². The first-order valence-electron chi connectivity index (χ1n) is 10.1. The standard InChI is InChI=1S/C22H19F3N4O5/c23-22(24,25)18-16(7-17(19(26)30)20(31)29-18)13-1-3-14(4-2-13)33-10-12-8-27-21(28-9-12)34-11-15-5-6-32-15/h1-4,7-9,15H,5-6,10-11H2,(H2,26,30)(H,29,31). The quantitative estimate of drug-likeness (QED) is 0.511. The molecule has 12 heteroatoms. The Bertz CT molecular complexity index is 1220. The normalized spacial score (nSPS) is 15.4. The fourth-order valence-electron chi connectivity index (χ4n) is 3.14. The molecule has 9 nitrogen and oxygen atoms in total. The summed E-state index contributed by atoms with van der Waals surface area (Å²) in [6.07, 6.45) is -0.753. The van der Waals surface area contributed by atoms with E-state index in [1.54, 1.807) is 17.4 Å². The van der Waals surface area contributed by atoms with Crippen LogP contribution in [0.1, 0.15) is 28.0 Å². The Morgan fingerprint density at radius 1 is 1.18 bits per heavy atom. The topological polar surface area (TPSA) is 129 Å². The predicted octanol–water partition coefficient (Wildman–Crippen LogP) is 2.70. The van der Waals surface area contributed by atoms with Gasteiger partial charge in [0, 0.05) is 36.5 Å². The van der Waals surface area contributed by atoms with E-state index in [0.717, 1.165) is 19.1 Å². The van der Waals surface area contributed by atoms with Gasteiger partial charge >= 0.3 is 12.2 Å². The number of alkyl halides is 3. The third-order valence-electron chi connectivity index (χ3n) is 5.03. The number of hydrogen-bond acceptors (Lipinski definition) is 7. The lowest BCUT2D eigenvalue weighted by atomic mass is 10.0. The number of nitrogens with zero attached hydrogens (tertiary/aromatic N) is 2. The number of aromatic nitrogens is 3. The molecule has 3 heterocycles. The van der Waals surface area contributed by atoms with Crippen molar-refractivity contribution < 1.29 is 32.2 Å². The monoisotopic (exact) mass is 476 g/mol. The molecule has 1 amide bonds. The smallest absolute Gasteiger partial charge is 0.431 e. The summed E-state index contributed by atoms with van der Waals surface area (Å²) < 4.78 is 56.6. The average Bonchev–Trinajstić information content (AvgIpc) is 2.77. The molecule has 0 radical (unpaired) electrons. The average molecular weight is 476 g/mol. The number of amides is 1. The highest BCUT2D eigenvalue weighted by molar-refractivity contribution is 5.94. The summed E-state index contributed by atoms with van der Waals surface area (Å²) in [4.78, 5) is 33.1. The van der Waals surface area contributed by atoms with Crippen LogP contribution in [-0.4, -0.2) is 40.2 Å². The van der Waals surface area contributed by atoms with E-state index in [1.165, 1.54) is 24.3 Å². The number of nitrogens with one attached hydrogen (secondary N) is 1. The predicted molar refractivity (Wildman–Crippen MR) is 112 cm³/mol. The van der Waals surface area contributed by atoms with Gasteiger partial charge in [-0.15, -0.1) is 0 Å². The Balaban J connectivity index is 1.44. The first kappa shape index (κ1) is 23.2. The fourth-order valence-corrected chi connectivity index (χ4v) is 3.14. The van der Waals surface area contributed by atoms with Crippen LogP contribution in [0.5, 0.6) is 11.8 Å². The maximum atomic E-state index is 13.4. The molecule has 3 aromatic rings. The first-order chi connectivity index (χ1) is 16.2. The zero-order valence-electron chi connectivity index (χ0n) is 17.6. The van der Waals surface area contributed by atoms with Gasteiger partial charge in [-0.05, 0) is 23.8 Å². The number of carbonyl (C=O) groups excluding carboxylic acids is 1. The number of carbonyl (C=O) groups is 1. The molecule has 1 fully saturated rings. The van der Waals surface area contributed by atoms with Crippen LogP contribution in [0.25, 0.3) is 11.1 Å². The van der Waals surface area contributed by atoms with Crippen LogP contribution in [0, 0.1) is 0 Å². The van der Waals surface area contributed by atoms with Gasteiger partial charge in [-0.1, -0.05) is 12.1 Å². The number of rotatable bonds is 8. The summed E-state index contributed by atoms with van der Waals surface area (Å²) >= 11 is 0. The molecule has 34 heavy (non-hydrogen) atoms. The van der Waals surface area contributed by atoms with Crippen molar-refractivity contribution in [3.8, 4) is 22.9 Å². The SMILES string of the molecule is NC(=O)c1cc(-c2ccc(OCc3cnc(OCC4CCO4)nc3)cc2)c(C(F)(F)F)[nH]c1=O. The minimum Gasteiger partial charge on any atom is -0.489 e. The molecule has 1 atom stereocenters. The van der Waals surface area contributed by atoms with E-state index in [-0.39, 0.29) is 29.8 Å². The van der Waals surface area contributed by atoms with Crippen LogP contribution in [0.2, 0.25) is 0 Å². The molecule has 1 unspecified atom stereocenters. The molecule has 0 aliphatic carbocycles. The van der Waals surface area contributed by atoms with Gasteiger partial charge in [0.05, 0.1) is 6.10 Å². The number of hydrogen-bond donors (Lipinski definition) is 2. The van der Waals surface area contributed by atoms with E-state index in [0.29, 0.717) is 17.9 Å². The van der Waals surface area contributed by atoms with Crippen LogP contribution in [0.4, 0.5) is 13.2 Å². The lowest BCUT2D eigenvalue weighted by molar-refractivity contribution is -0.140. The zero-order chi connectivity index (χ0) is 24.3. The minimum atomic E-state index is -4.85. The summed E-state index contributed by atoms with van der Waals surface area (Å²) in [5.74, 6) is -0.759. The number of aromatic amines is 1. The van der Waals surface area contributed by atoms with E-state index in [1.807, 2.05) is 0 Å². The van der Waals surface area contributed by atoms with E-state index in [2.05, 4.69) is 9.97 Å². The van der Waals surface area contributed by atoms with Crippen LogP contribution in [0.3, 0.4) is 0 Å². The second kappa shape index (κ2) is 9.51. The van der Waals surface area contributed by atoms with Gasteiger partial charge in [-0.25, -0.2) is 9.97 Å². The molecule has 1 aliphatic heterocycles. The molecule has 0 bridgehead atoms. The third kappa shape index (κ3) is 5.34. The lowest BCUT2D eigenvalue weighted by Gasteiger charge is -2.25. The number of halogens is 3. The van der Waals surface area contributed by atoms with Gasteiger partial charge in [0.25, 0.3) is 11.5 Å². The summed E-state index contributed by atoms with van der Waals surface area (Å²) in [6.45, 7) is 1.23. The minimum absolute atomic E-state index is 0.0697. The van der Waals surface area contributed by atoms with E-state index in [4.69, 9.17) is 19.9 Å². The van der Waals surface area contributed by atoms with Crippen LogP contribution in [0.15, 0.2) is 47.5 Å². The zero-order valence-corrected chi connectivity index (χ0v) is 17.6. The van der Waals surface area contributed by atoms with Gasteiger partial charge in [0.2, 0.25) is 0 Å². The van der Waals surface area contributed by atoms with Gasteiger partial charge in [-0.2, -0.15) is 13.2 Å². The first-order valence-corrected chi connectivity index (χ1v) is 10.1. The molecule has 0 spiro atoms. The fraction of sp³-hybridized carbons (Fsp3) is 0.273. The summed E-state index contributed by atoms with van der Waals surface area (Å²) in [6, 6.07) is 6.72. The maximum absolute atomic E-state index is 13.4. The van der Waals surface area contributed by atoms with Crippen molar-refractivity contribution in [1.29, 1.82) is 0 Å². The Hall–Kier alpha value is -3.93. The van der Waals surface area contributed by atoms with Crippen molar-refractivity contribution >= 4 is 5.91 Å². The number of primary amides is 1. The summed E-state index contributed by atoms with van der Waals surface area (Å²) in [7, 11) is 0. The molecule has 1 aliphatic rings. The van der Waals surface area contributed by atoms with Crippen molar-refractivity contribution in [2.24, 2.45) is 5.73 Å². The molecular weight excluding hydrogens is 457 g/mol. The van der Waals surface area contributed by atoms with E-state index in [9.17, 15) is 22.8 Å². The van der Waals surface area contributed by atoms with Crippen LogP contribution in [-0.2, 0) is 17.5 Å². The Kier molecular flexibility index (Phi) is 6.50. The van der Waals surface area contributed by atoms with E-state index < -0.39 is 28.9 Å². The summed E-state index contributed by atoms with van der Waals surface area (Å²) in [5.41, 5.74) is 2.42. The summed E-state index contributed by atoms with van der Waals surface area (Å²) in [5, 5.41) is 0. The molecule has 1 aromatic carbocycles. The second-order valence-corrected chi connectivity index (χ2v) is 7.44. The van der Waals surface area contributed by atoms with Crippen LogP contribution < -0.4 is 20.8 Å². The van der Waals surface area contributed by atoms with E-state index >= 15 is 0 Å². The Labute approximate surface area is 190 Å². The number of benzene rings is 1. The van der Waals surface area contributed by atoms with Crippen molar-refractivity contribution in [2.45, 2.75) is 25.3 Å². The highest BCUT2D eigenvalue weighted by Gasteiger charge is 2.36. The van der Waals surface area contributed by atoms with Gasteiger partial charge in [0.15, 0.2) is 0 Å². The Morgan fingerprint density at radius 3 is 2.41 bits per heavy atom. The highest BCUT2D eigenvalue weighted by Crippen LogP contribution is 2.35. The highest BCUT2D eigenvalue weighted by atomic mass is 19.4. The van der Waals surface area contributed by atoms with Crippen molar-refractivity contribution in [3.63, 3.8) is 0 Å². The molecule has 1 saturated heterocycles. The molecule has 0 saturated carbocycles. The molecule has 178 valence electrons. The number of ether oxygens (including phenoxy) is 3. The largest absolute Gasteiger partial charge is 0.489 e. The number of H-pyrrole nitrogens is 1.